The summed E-state index contributed by atoms with van der Waals surface area (Å²) in [5.41, 5.74) is 4.73. The minimum atomic E-state index is 0.319. The maximum absolute atomic E-state index is 4.46. The topological polar surface area (TPSA) is 37.8 Å². The van der Waals surface area contributed by atoms with E-state index in [0.29, 0.717) is 6.04 Å². The fraction of sp³-hybridized carbons (Fsp3) is 0.412. The van der Waals surface area contributed by atoms with Crippen molar-refractivity contribution in [3.8, 4) is 0 Å². The van der Waals surface area contributed by atoms with Crippen molar-refractivity contribution in [2.75, 3.05) is 6.54 Å². The first-order valence-electron chi connectivity index (χ1n) is 7.26. The maximum atomic E-state index is 4.46. The quantitative estimate of drug-likeness (QED) is 0.873. The average molecular weight is 269 g/mol. The minimum absolute atomic E-state index is 0.319. The van der Waals surface area contributed by atoms with Crippen LogP contribution in [0, 0.1) is 13.8 Å². The van der Waals surface area contributed by atoms with E-state index >= 15 is 0 Å². The van der Waals surface area contributed by atoms with Gasteiger partial charge in [0.1, 0.15) is 0 Å². The smallest absolute Gasteiger partial charge is 0.0379 e. The summed E-state index contributed by atoms with van der Waals surface area (Å²) in [6.07, 6.45) is 5.85. The van der Waals surface area contributed by atoms with Crippen LogP contribution in [0.4, 0.5) is 0 Å². The summed E-state index contributed by atoms with van der Waals surface area (Å²) in [4.78, 5) is 8.67. The molecule has 3 nitrogen and oxygen atoms in total. The molecule has 0 fully saturated rings. The molecule has 0 bridgehead atoms. The van der Waals surface area contributed by atoms with E-state index in [1.165, 1.54) is 11.1 Å². The highest BCUT2D eigenvalue weighted by atomic mass is 14.9. The van der Waals surface area contributed by atoms with E-state index in [4.69, 9.17) is 0 Å². The van der Waals surface area contributed by atoms with Crippen LogP contribution in [0.2, 0.25) is 0 Å². The molecule has 2 rings (SSSR count). The predicted octanol–water partition coefficient (Wildman–Crippen LogP) is 3.38. The number of hydrogen-bond acceptors (Lipinski definition) is 3. The molecule has 0 radical (unpaired) electrons. The molecular weight excluding hydrogens is 246 g/mol. The molecule has 0 saturated heterocycles. The van der Waals surface area contributed by atoms with Crippen molar-refractivity contribution in [2.24, 2.45) is 0 Å². The molecule has 0 spiro atoms. The number of aromatic nitrogens is 2. The van der Waals surface area contributed by atoms with Crippen LogP contribution in [0.5, 0.6) is 0 Å². The summed E-state index contributed by atoms with van der Waals surface area (Å²) in [6.45, 7) is 7.32. The van der Waals surface area contributed by atoms with Gasteiger partial charge in [0, 0.05) is 29.8 Å². The lowest BCUT2D eigenvalue weighted by Crippen LogP contribution is -2.24. The number of rotatable bonds is 6. The van der Waals surface area contributed by atoms with Gasteiger partial charge in [-0.2, -0.15) is 0 Å². The molecule has 0 aliphatic carbocycles. The maximum Gasteiger partial charge on any atom is 0.0379 e. The Hall–Kier alpha value is -1.74. The van der Waals surface area contributed by atoms with E-state index in [1.807, 2.05) is 18.5 Å². The minimum Gasteiger partial charge on any atom is -0.310 e. The van der Waals surface area contributed by atoms with Crippen LogP contribution in [-0.4, -0.2) is 16.5 Å². The van der Waals surface area contributed by atoms with Crippen molar-refractivity contribution in [3.63, 3.8) is 0 Å². The van der Waals surface area contributed by atoms with Gasteiger partial charge in [0.15, 0.2) is 0 Å². The number of nitrogens with one attached hydrogen (secondary N) is 1. The van der Waals surface area contributed by atoms with Gasteiger partial charge in [0.05, 0.1) is 0 Å². The van der Waals surface area contributed by atoms with Crippen LogP contribution >= 0.6 is 0 Å². The summed E-state index contributed by atoms with van der Waals surface area (Å²) >= 11 is 0. The van der Waals surface area contributed by atoms with Gasteiger partial charge in [-0.25, -0.2) is 0 Å². The molecule has 106 valence electrons. The van der Waals surface area contributed by atoms with Gasteiger partial charge in [-0.05, 0) is 62.6 Å². The van der Waals surface area contributed by atoms with Crippen molar-refractivity contribution in [1.82, 2.24) is 15.3 Å². The number of hydrogen-bond donors (Lipinski definition) is 1. The Morgan fingerprint density at radius 3 is 2.55 bits per heavy atom. The predicted molar refractivity (Wildman–Crippen MR) is 82.7 cm³/mol. The van der Waals surface area contributed by atoms with Crippen molar-refractivity contribution < 1.29 is 0 Å². The first kappa shape index (κ1) is 14.7. The van der Waals surface area contributed by atoms with E-state index in [9.17, 15) is 0 Å². The van der Waals surface area contributed by atoms with E-state index in [2.05, 4.69) is 54.3 Å². The molecule has 0 saturated carbocycles. The summed E-state index contributed by atoms with van der Waals surface area (Å²) < 4.78 is 0. The Bertz CT molecular complexity index is 517. The average Bonchev–Trinajstić information content (AvgIpc) is 2.43. The number of nitrogens with zero attached hydrogens (tertiary/aromatic N) is 2. The summed E-state index contributed by atoms with van der Waals surface area (Å²) in [5.74, 6) is 0. The second-order valence-electron chi connectivity index (χ2n) is 5.26. The van der Waals surface area contributed by atoms with Crippen molar-refractivity contribution >= 4 is 0 Å². The van der Waals surface area contributed by atoms with Gasteiger partial charge in [-0.15, -0.1) is 0 Å². The molecule has 2 heterocycles. The van der Waals surface area contributed by atoms with E-state index < -0.39 is 0 Å². The van der Waals surface area contributed by atoms with Crippen LogP contribution < -0.4 is 5.32 Å². The van der Waals surface area contributed by atoms with Crippen molar-refractivity contribution in [2.45, 2.75) is 39.7 Å². The first-order valence-corrected chi connectivity index (χ1v) is 7.26. The van der Waals surface area contributed by atoms with Crippen LogP contribution in [0.1, 0.15) is 41.9 Å². The third kappa shape index (κ3) is 4.14. The van der Waals surface area contributed by atoms with E-state index in [-0.39, 0.29) is 0 Å². The molecule has 1 atom stereocenters. The van der Waals surface area contributed by atoms with Crippen LogP contribution in [-0.2, 0) is 6.42 Å². The standard InChI is InChI=1S/C17H23N3/c1-4-7-19-17(11-15-6-5-8-18-12-15)16-9-13(2)20-14(3)10-16/h5-6,8-10,12,17,19H,4,7,11H2,1-3H3. The Morgan fingerprint density at radius 1 is 1.20 bits per heavy atom. The molecule has 0 aromatic carbocycles. The highest BCUT2D eigenvalue weighted by Crippen LogP contribution is 2.19. The monoisotopic (exact) mass is 269 g/mol. The van der Waals surface area contributed by atoms with Gasteiger partial charge in [-0.3, -0.25) is 9.97 Å². The van der Waals surface area contributed by atoms with Crippen molar-refractivity contribution in [3.05, 3.63) is 59.2 Å². The highest BCUT2D eigenvalue weighted by molar-refractivity contribution is 5.26. The molecule has 0 aliphatic rings. The normalized spacial score (nSPS) is 12.3. The molecule has 1 N–H and O–H groups in total. The van der Waals surface area contributed by atoms with Crippen LogP contribution in [0.25, 0.3) is 0 Å². The SMILES string of the molecule is CCCNC(Cc1cccnc1)c1cc(C)nc(C)c1. The second kappa shape index (κ2) is 7.15. The number of pyridine rings is 2. The van der Waals surface area contributed by atoms with Gasteiger partial charge >= 0.3 is 0 Å². The third-order valence-corrected chi connectivity index (χ3v) is 3.31. The largest absolute Gasteiger partial charge is 0.310 e. The van der Waals surface area contributed by atoms with E-state index in [0.717, 1.165) is 30.8 Å². The zero-order valence-corrected chi connectivity index (χ0v) is 12.6. The van der Waals surface area contributed by atoms with Gasteiger partial charge < -0.3 is 5.32 Å². The van der Waals surface area contributed by atoms with E-state index in [1.54, 1.807) is 0 Å². The highest BCUT2D eigenvalue weighted by Gasteiger charge is 2.12. The van der Waals surface area contributed by atoms with Gasteiger partial charge in [0.25, 0.3) is 0 Å². The Kier molecular flexibility index (Phi) is 5.24. The lowest BCUT2D eigenvalue weighted by Gasteiger charge is -2.20. The summed E-state index contributed by atoms with van der Waals surface area (Å²) in [6, 6.07) is 8.80. The summed E-state index contributed by atoms with van der Waals surface area (Å²) in [7, 11) is 0. The first-order chi connectivity index (χ1) is 9.69. The molecule has 3 heteroatoms. The Labute approximate surface area is 121 Å². The molecule has 0 amide bonds. The van der Waals surface area contributed by atoms with Crippen LogP contribution in [0.3, 0.4) is 0 Å². The zero-order valence-electron chi connectivity index (χ0n) is 12.6. The molecule has 20 heavy (non-hydrogen) atoms. The molecule has 2 aromatic rings. The Morgan fingerprint density at radius 2 is 1.95 bits per heavy atom. The van der Waals surface area contributed by atoms with Crippen molar-refractivity contribution in [1.29, 1.82) is 0 Å². The fourth-order valence-corrected chi connectivity index (χ4v) is 2.45. The molecule has 0 aliphatic heterocycles. The molecule has 2 aromatic heterocycles. The summed E-state index contributed by atoms with van der Waals surface area (Å²) in [5, 5.41) is 3.63. The molecule has 1 unspecified atom stereocenters. The second-order valence-corrected chi connectivity index (χ2v) is 5.26. The van der Waals surface area contributed by atoms with Gasteiger partial charge in [0.2, 0.25) is 0 Å². The lowest BCUT2D eigenvalue weighted by molar-refractivity contribution is 0.527. The Balaban J connectivity index is 2.22. The third-order valence-electron chi connectivity index (χ3n) is 3.31. The van der Waals surface area contributed by atoms with Gasteiger partial charge in [-0.1, -0.05) is 13.0 Å². The fourth-order valence-electron chi connectivity index (χ4n) is 2.45. The lowest BCUT2D eigenvalue weighted by atomic mass is 9.99. The van der Waals surface area contributed by atoms with Crippen LogP contribution in [0.15, 0.2) is 36.7 Å². The molecular formula is C17H23N3. The zero-order chi connectivity index (χ0) is 14.4. The number of aryl methyl sites for hydroxylation is 2.